The first-order valence-corrected chi connectivity index (χ1v) is 9.64. The minimum atomic E-state index is 0.112. The van der Waals surface area contributed by atoms with Crippen LogP contribution in [-0.4, -0.2) is 66.5 Å². The standard InChI is InChI=1S/C19H29N3O3/c1-7-23-8-2-17(1)13-22-14-19(15-22)11-16(4-10-25-19)3-9-24-18-12-20-5-6-21-18/h5-6,12,16-17H,1-4,7-11,13-15H2/t16-/m0/s1. The summed E-state index contributed by atoms with van der Waals surface area (Å²) < 4.78 is 17.4. The van der Waals surface area contributed by atoms with Crippen molar-refractivity contribution < 1.29 is 14.2 Å². The predicted octanol–water partition coefficient (Wildman–Crippen LogP) is 2.15. The van der Waals surface area contributed by atoms with Gasteiger partial charge in [-0.2, -0.15) is 0 Å². The summed E-state index contributed by atoms with van der Waals surface area (Å²) in [5, 5.41) is 0. The molecule has 6 nitrogen and oxygen atoms in total. The van der Waals surface area contributed by atoms with E-state index in [1.165, 1.54) is 25.8 Å². The predicted molar refractivity (Wildman–Crippen MR) is 93.5 cm³/mol. The third-order valence-electron chi connectivity index (χ3n) is 5.79. The normalized spacial score (nSPS) is 27.1. The van der Waals surface area contributed by atoms with Gasteiger partial charge in [-0.15, -0.1) is 0 Å². The van der Waals surface area contributed by atoms with Crippen molar-refractivity contribution in [2.45, 2.75) is 37.7 Å². The summed E-state index contributed by atoms with van der Waals surface area (Å²) in [4.78, 5) is 10.8. The van der Waals surface area contributed by atoms with Crippen molar-refractivity contribution in [1.82, 2.24) is 14.9 Å². The lowest BCUT2D eigenvalue weighted by atomic mass is 9.79. The van der Waals surface area contributed by atoms with Gasteiger partial charge in [0, 0.05) is 51.8 Å². The fourth-order valence-corrected chi connectivity index (χ4v) is 4.48. The highest BCUT2D eigenvalue weighted by Gasteiger charge is 2.47. The Bertz CT molecular complexity index is 530. The zero-order valence-corrected chi connectivity index (χ0v) is 14.9. The zero-order valence-electron chi connectivity index (χ0n) is 14.9. The molecule has 1 atom stereocenters. The molecule has 0 saturated carbocycles. The molecule has 0 amide bonds. The van der Waals surface area contributed by atoms with Crippen LogP contribution in [0.3, 0.4) is 0 Å². The first-order valence-electron chi connectivity index (χ1n) is 9.64. The molecule has 3 saturated heterocycles. The molecular weight excluding hydrogens is 318 g/mol. The average Bonchev–Trinajstić information content (AvgIpc) is 2.63. The third kappa shape index (κ3) is 4.49. The molecule has 0 N–H and O–H groups in total. The molecule has 138 valence electrons. The minimum absolute atomic E-state index is 0.112. The Kier molecular flexibility index (Phi) is 5.48. The number of nitrogens with zero attached hydrogens (tertiary/aromatic N) is 3. The smallest absolute Gasteiger partial charge is 0.232 e. The minimum Gasteiger partial charge on any atom is -0.477 e. The number of rotatable bonds is 6. The molecule has 1 spiro atoms. The van der Waals surface area contributed by atoms with Crippen LogP contribution in [0.2, 0.25) is 0 Å². The lowest BCUT2D eigenvalue weighted by Crippen LogP contribution is -2.65. The molecule has 3 aliphatic rings. The molecule has 25 heavy (non-hydrogen) atoms. The maximum Gasteiger partial charge on any atom is 0.232 e. The Labute approximate surface area is 149 Å². The van der Waals surface area contributed by atoms with Gasteiger partial charge < -0.3 is 14.2 Å². The van der Waals surface area contributed by atoms with Gasteiger partial charge >= 0.3 is 0 Å². The Hall–Kier alpha value is -1.24. The molecule has 6 heteroatoms. The molecule has 4 heterocycles. The van der Waals surface area contributed by atoms with E-state index in [0.717, 1.165) is 51.7 Å². The number of hydrogen-bond donors (Lipinski definition) is 0. The quantitative estimate of drug-likeness (QED) is 0.786. The largest absolute Gasteiger partial charge is 0.477 e. The zero-order chi connectivity index (χ0) is 17.0. The second-order valence-corrected chi connectivity index (χ2v) is 7.80. The summed E-state index contributed by atoms with van der Waals surface area (Å²) in [6, 6.07) is 0. The van der Waals surface area contributed by atoms with Crippen LogP contribution >= 0.6 is 0 Å². The summed E-state index contributed by atoms with van der Waals surface area (Å²) in [7, 11) is 0. The van der Waals surface area contributed by atoms with Crippen molar-refractivity contribution in [2.75, 3.05) is 46.1 Å². The van der Waals surface area contributed by atoms with E-state index in [1.54, 1.807) is 18.6 Å². The van der Waals surface area contributed by atoms with Crippen LogP contribution in [0.4, 0.5) is 0 Å². The second-order valence-electron chi connectivity index (χ2n) is 7.80. The molecule has 0 bridgehead atoms. The highest BCUT2D eigenvalue weighted by atomic mass is 16.5. The Morgan fingerprint density at radius 3 is 2.76 bits per heavy atom. The lowest BCUT2D eigenvalue weighted by Gasteiger charge is -2.54. The van der Waals surface area contributed by atoms with E-state index in [1.807, 2.05) is 0 Å². The monoisotopic (exact) mass is 347 g/mol. The van der Waals surface area contributed by atoms with Gasteiger partial charge in [0.15, 0.2) is 0 Å². The summed E-state index contributed by atoms with van der Waals surface area (Å²) in [5.41, 5.74) is 0.112. The number of aromatic nitrogens is 2. The molecule has 3 aliphatic heterocycles. The van der Waals surface area contributed by atoms with Crippen molar-refractivity contribution in [3.8, 4) is 5.88 Å². The van der Waals surface area contributed by atoms with Gasteiger partial charge in [-0.25, -0.2) is 4.98 Å². The van der Waals surface area contributed by atoms with Crippen molar-refractivity contribution in [1.29, 1.82) is 0 Å². The molecule has 1 aromatic heterocycles. The van der Waals surface area contributed by atoms with Crippen LogP contribution in [0.15, 0.2) is 18.6 Å². The number of ether oxygens (including phenoxy) is 3. The van der Waals surface area contributed by atoms with Crippen LogP contribution in [0.5, 0.6) is 5.88 Å². The SMILES string of the molecule is c1cnc(OCC[C@H]2CCOC3(C2)CN(CC2CCOCC2)C3)cn1. The van der Waals surface area contributed by atoms with E-state index in [2.05, 4.69) is 14.9 Å². The fourth-order valence-electron chi connectivity index (χ4n) is 4.48. The second kappa shape index (κ2) is 7.98. The van der Waals surface area contributed by atoms with E-state index in [4.69, 9.17) is 14.2 Å². The Morgan fingerprint density at radius 2 is 1.96 bits per heavy atom. The van der Waals surface area contributed by atoms with E-state index >= 15 is 0 Å². The molecular formula is C19H29N3O3. The molecule has 1 aromatic rings. The molecule has 0 radical (unpaired) electrons. The van der Waals surface area contributed by atoms with Crippen molar-refractivity contribution >= 4 is 0 Å². The number of likely N-dealkylation sites (tertiary alicyclic amines) is 1. The molecule has 0 unspecified atom stereocenters. The van der Waals surface area contributed by atoms with Crippen LogP contribution in [-0.2, 0) is 9.47 Å². The number of hydrogen-bond acceptors (Lipinski definition) is 6. The maximum absolute atomic E-state index is 6.19. The van der Waals surface area contributed by atoms with E-state index in [0.29, 0.717) is 18.4 Å². The summed E-state index contributed by atoms with van der Waals surface area (Å²) in [6.45, 7) is 6.90. The maximum atomic E-state index is 6.19. The first kappa shape index (κ1) is 17.2. The van der Waals surface area contributed by atoms with Gasteiger partial charge in [0.1, 0.15) is 0 Å². The van der Waals surface area contributed by atoms with Gasteiger partial charge in [-0.3, -0.25) is 9.88 Å². The molecule has 4 rings (SSSR count). The van der Waals surface area contributed by atoms with Crippen molar-refractivity contribution in [3.05, 3.63) is 18.6 Å². The van der Waals surface area contributed by atoms with Crippen LogP contribution in [0, 0.1) is 11.8 Å². The Morgan fingerprint density at radius 1 is 1.12 bits per heavy atom. The highest BCUT2D eigenvalue weighted by molar-refractivity contribution is 5.02. The fraction of sp³-hybridized carbons (Fsp3) is 0.789. The molecule has 3 fully saturated rings. The molecule has 0 aliphatic carbocycles. The Balaban J connectivity index is 1.18. The summed E-state index contributed by atoms with van der Waals surface area (Å²) >= 11 is 0. The van der Waals surface area contributed by atoms with E-state index in [-0.39, 0.29) is 5.60 Å². The topological polar surface area (TPSA) is 56.7 Å². The van der Waals surface area contributed by atoms with Gasteiger partial charge in [-0.1, -0.05) is 0 Å². The average molecular weight is 347 g/mol. The first-order chi connectivity index (χ1) is 12.3. The van der Waals surface area contributed by atoms with Gasteiger partial charge in [0.2, 0.25) is 5.88 Å². The van der Waals surface area contributed by atoms with Gasteiger partial charge in [-0.05, 0) is 43.9 Å². The van der Waals surface area contributed by atoms with Crippen LogP contribution in [0.1, 0.15) is 32.1 Å². The summed E-state index contributed by atoms with van der Waals surface area (Å²) in [5.74, 6) is 2.12. The lowest BCUT2D eigenvalue weighted by molar-refractivity contribution is -0.183. The van der Waals surface area contributed by atoms with Gasteiger partial charge in [0.25, 0.3) is 0 Å². The van der Waals surface area contributed by atoms with Crippen LogP contribution < -0.4 is 4.74 Å². The summed E-state index contributed by atoms with van der Waals surface area (Å²) in [6.07, 6.45) is 10.8. The van der Waals surface area contributed by atoms with Gasteiger partial charge in [0.05, 0.1) is 18.4 Å². The van der Waals surface area contributed by atoms with E-state index in [9.17, 15) is 0 Å². The third-order valence-corrected chi connectivity index (χ3v) is 5.79. The van der Waals surface area contributed by atoms with E-state index < -0.39 is 0 Å². The highest BCUT2D eigenvalue weighted by Crippen LogP contribution is 2.38. The van der Waals surface area contributed by atoms with Crippen molar-refractivity contribution in [3.63, 3.8) is 0 Å². The van der Waals surface area contributed by atoms with Crippen molar-refractivity contribution in [2.24, 2.45) is 11.8 Å². The van der Waals surface area contributed by atoms with Crippen LogP contribution in [0.25, 0.3) is 0 Å². The molecule has 0 aromatic carbocycles.